The molecule has 1 aliphatic carbocycles. The number of carbonyl (C=O) groups excluding carboxylic acids is 1. The Kier molecular flexibility index (Phi) is 5.56. The minimum absolute atomic E-state index is 0.260. The van der Waals surface area contributed by atoms with E-state index in [1.807, 2.05) is 62.4 Å². The van der Waals surface area contributed by atoms with Crippen LogP contribution in [0.3, 0.4) is 0 Å². The van der Waals surface area contributed by atoms with E-state index in [1.165, 1.54) is 0 Å². The summed E-state index contributed by atoms with van der Waals surface area (Å²) in [5.74, 6) is 1.10. The highest BCUT2D eigenvalue weighted by molar-refractivity contribution is 5.98. The summed E-state index contributed by atoms with van der Waals surface area (Å²) >= 11 is 0. The molecule has 0 fully saturated rings. The lowest BCUT2D eigenvalue weighted by Crippen LogP contribution is -2.10. The maximum absolute atomic E-state index is 11.7. The van der Waals surface area contributed by atoms with Crippen LogP contribution < -0.4 is 4.74 Å². The van der Waals surface area contributed by atoms with Crippen LogP contribution in [0.25, 0.3) is 0 Å². The van der Waals surface area contributed by atoms with Gasteiger partial charge in [0.15, 0.2) is 5.78 Å². The Bertz CT molecular complexity index is 588. The summed E-state index contributed by atoms with van der Waals surface area (Å²) in [5, 5.41) is 0. The average molecular weight is 282 g/mol. The van der Waals surface area contributed by atoms with E-state index in [4.69, 9.17) is 4.74 Å². The van der Waals surface area contributed by atoms with Gasteiger partial charge in [-0.3, -0.25) is 4.79 Å². The standard InChI is InChI=1S/C17H16O2.C2H6/c18-17-8-4-7-14-11-15(9-10-16(14)17)19-12-13-5-2-1-3-6-13;1-2/h1-3,5-6,9-11H,4,7-8,12H2;1-2H3. The van der Waals surface area contributed by atoms with Crippen molar-refractivity contribution in [2.45, 2.75) is 39.7 Å². The van der Waals surface area contributed by atoms with Crippen LogP contribution in [0, 0.1) is 0 Å². The number of fused-ring (bicyclic) bond motifs is 1. The number of ketones is 1. The molecule has 110 valence electrons. The molecule has 0 saturated heterocycles. The topological polar surface area (TPSA) is 26.3 Å². The van der Waals surface area contributed by atoms with Crippen molar-refractivity contribution < 1.29 is 9.53 Å². The molecule has 0 radical (unpaired) electrons. The predicted octanol–water partition coefficient (Wildman–Crippen LogP) is 4.81. The first-order valence-corrected chi connectivity index (χ1v) is 7.66. The van der Waals surface area contributed by atoms with E-state index in [0.29, 0.717) is 13.0 Å². The van der Waals surface area contributed by atoms with Gasteiger partial charge in [-0.15, -0.1) is 0 Å². The van der Waals surface area contributed by atoms with Crippen LogP contribution in [0.5, 0.6) is 5.75 Å². The number of carbonyl (C=O) groups is 1. The molecule has 0 unspecified atom stereocenters. The third-order valence-corrected chi connectivity index (χ3v) is 3.48. The van der Waals surface area contributed by atoms with Crippen molar-refractivity contribution in [3.63, 3.8) is 0 Å². The van der Waals surface area contributed by atoms with Gasteiger partial charge in [-0.05, 0) is 42.2 Å². The fourth-order valence-corrected chi connectivity index (χ4v) is 2.45. The first kappa shape index (κ1) is 15.3. The minimum Gasteiger partial charge on any atom is -0.489 e. The van der Waals surface area contributed by atoms with E-state index in [-0.39, 0.29) is 5.78 Å². The van der Waals surface area contributed by atoms with Gasteiger partial charge in [0.2, 0.25) is 0 Å². The van der Waals surface area contributed by atoms with Gasteiger partial charge >= 0.3 is 0 Å². The maximum Gasteiger partial charge on any atom is 0.163 e. The van der Waals surface area contributed by atoms with E-state index in [0.717, 1.165) is 35.3 Å². The minimum atomic E-state index is 0.260. The average Bonchev–Trinajstić information content (AvgIpc) is 2.56. The van der Waals surface area contributed by atoms with Crippen LogP contribution in [-0.4, -0.2) is 5.78 Å². The Balaban J connectivity index is 0.000000774. The smallest absolute Gasteiger partial charge is 0.163 e. The third kappa shape index (κ3) is 3.94. The molecule has 0 spiro atoms. The molecule has 0 saturated carbocycles. The molecule has 0 aliphatic heterocycles. The second-order valence-electron chi connectivity index (χ2n) is 4.87. The van der Waals surface area contributed by atoms with Crippen LogP contribution in [0.2, 0.25) is 0 Å². The molecule has 0 atom stereocenters. The molecule has 2 aromatic rings. The Labute approximate surface area is 126 Å². The lowest BCUT2D eigenvalue weighted by molar-refractivity contribution is 0.0972. The molecule has 2 aromatic carbocycles. The van der Waals surface area contributed by atoms with Crippen LogP contribution in [0.15, 0.2) is 48.5 Å². The van der Waals surface area contributed by atoms with Gasteiger partial charge in [-0.1, -0.05) is 44.2 Å². The molecule has 21 heavy (non-hydrogen) atoms. The Morgan fingerprint density at radius 2 is 1.76 bits per heavy atom. The normalized spacial score (nSPS) is 13.0. The Hall–Kier alpha value is -2.09. The molecule has 2 heteroatoms. The van der Waals surface area contributed by atoms with Crippen LogP contribution >= 0.6 is 0 Å². The number of hydrogen-bond donors (Lipinski definition) is 0. The lowest BCUT2D eigenvalue weighted by atomic mass is 9.90. The molecule has 1 aliphatic rings. The van der Waals surface area contributed by atoms with Crippen molar-refractivity contribution >= 4 is 5.78 Å². The number of hydrogen-bond acceptors (Lipinski definition) is 2. The molecule has 0 aromatic heterocycles. The van der Waals surface area contributed by atoms with Crippen molar-refractivity contribution in [3.8, 4) is 5.75 Å². The summed E-state index contributed by atoms with van der Waals surface area (Å²) in [5.41, 5.74) is 3.15. The van der Waals surface area contributed by atoms with E-state index in [2.05, 4.69) is 0 Å². The molecular weight excluding hydrogens is 260 g/mol. The summed E-state index contributed by atoms with van der Waals surface area (Å²) in [6, 6.07) is 15.9. The summed E-state index contributed by atoms with van der Waals surface area (Å²) in [4.78, 5) is 11.7. The monoisotopic (exact) mass is 282 g/mol. The fourth-order valence-electron chi connectivity index (χ4n) is 2.45. The molecule has 0 bridgehead atoms. The number of rotatable bonds is 3. The van der Waals surface area contributed by atoms with Gasteiger partial charge in [0.1, 0.15) is 12.4 Å². The van der Waals surface area contributed by atoms with Gasteiger partial charge < -0.3 is 4.74 Å². The number of benzene rings is 2. The molecule has 2 nitrogen and oxygen atoms in total. The summed E-state index contributed by atoms with van der Waals surface area (Å²) in [6.45, 7) is 4.56. The van der Waals surface area contributed by atoms with Gasteiger partial charge in [0.05, 0.1) is 0 Å². The highest BCUT2D eigenvalue weighted by atomic mass is 16.5. The van der Waals surface area contributed by atoms with Crippen LogP contribution in [0.4, 0.5) is 0 Å². The Morgan fingerprint density at radius 1 is 1.00 bits per heavy atom. The van der Waals surface area contributed by atoms with Crippen molar-refractivity contribution in [2.24, 2.45) is 0 Å². The lowest BCUT2D eigenvalue weighted by Gasteiger charge is -2.16. The Morgan fingerprint density at radius 3 is 2.52 bits per heavy atom. The molecule has 0 N–H and O–H groups in total. The number of aryl methyl sites for hydroxylation is 1. The fraction of sp³-hybridized carbons (Fsp3) is 0.316. The SMILES string of the molecule is CC.O=C1CCCc2cc(OCc3ccccc3)ccc21. The van der Waals surface area contributed by atoms with Gasteiger partial charge in [0.25, 0.3) is 0 Å². The van der Waals surface area contributed by atoms with E-state index >= 15 is 0 Å². The predicted molar refractivity (Wildman–Crippen MR) is 85.8 cm³/mol. The van der Waals surface area contributed by atoms with Crippen molar-refractivity contribution in [3.05, 3.63) is 65.2 Å². The quantitative estimate of drug-likeness (QED) is 0.807. The largest absolute Gasteiger partial charge is 0.489 e. The van der Waals surface area contributed by atoms with Crippen LogP contribution in [0.1, 0.15) is 48.2 Å². The highest BCUT2D eigenvalue weighted by Gasteiger charge is 2.17. The van der Waals surface area contributed by atoms with Crippen molar-refractivity contribution in [2.75, 3.05) is 0 Å². The first-order chi connectivity index (χ1) is 10.3. The third-order valence-electron chi connectivity index (χ3n) is 3.48. The second-order valence-corrected chi connectivity index (χ2v) is 4.87. The summed E-state index contributed by atoms with van der Waals surface area (Å²) < 4.78 is 5.78. The molecule has 0 heterocycles. The zero-order chi connectivity index (χ0) is 15.1. The molecule has 0 amide bonds. The molecular formula is C19H22O2. The molecule has 3 rings (SSSR count). The van der Waals surface area contributed by atoms with Gasteiger partial charge in [-0.25, -0.2) is 0 Å². The van der Waals surface area contributed by atoms with E-state index in [9.17, 15) is 4.79 Å². The van der Waals surface area contributed by atoms with Crippen molar-refractivity contribution in [1.29, 1.82) is 0 Å². The van der Waals surface area contributed by atoms with Gasteiger partial charge in [-0.2, -0.15) is 0 Å². The zero-order valence-electron chi connectivity index (χ0n) is 12.8. The summed E-state index contributed by atoms with van der Waals surface area (Å²) in [7, 11) is 0. The van der Waals surface area contributed by atoms with Crippen molar-refractivity contribution in [1.82, 2.24) is 0 Å². The maximum atomic E-state index is 11.7. The first-order valence-electron chi connectivity index (χ1n) is 7.66. The van der Waals surface area contributed by atoms with Crippen LogP contribution in [-0.2, 0) is 13.0 Å². The van der Waals surface area contributed by atoms with Gasteiger partial charge in [0, 0.05) is 12.0 Å². The zero-order valence-corrected chi connectivity index (χ0v) is 12.8. The number of ether oxygens (including phenoxy) is 1. The number of Topliss-reactive ketones (excluding diaryl/α,β-unsaturated/α-hetero) is 1. The second kappa shape index (κ2) is 7.63. The highest BCUT2D eigenvalue weighted by Crippen LogP contribution is 2.25. The van der Waals surface area contributed by atoms with E-state index < -0.39 is 0 Å². The summed E-state index contributed by atoms with van der Waals surface area (Å²) in [6.07, 6.45) is 2.61. The van der Waals surface area contributed by atoms with E-state index in [1.54, 1.807) is 0 Å².